The van der Waals surface area contributed by atoms with Crippen molar-refractivity contribution in [3.05, 3.63) is 0 Å². The molecular formula is C14H28N2. The molecule has 1 N–H and O–H groups in total. The molecule has 0 aromatic heterocycles. The number of rotatable bonds is 4. The van der Waals surface area contributed by atoms with Gasteiger partial charge < -0.3 is 10.2 Å². The summed E-state index contributed by atoms with van der Waals surface area (Å²) in [6.45, 7) is 9.77. The standard InChI is InChI=1S/C14H28N2/c1-3-16(13-7-5-4-6-8-13)12-14(2)9-10-15-11-14/h13,15H,3-12H2,1-2H3. The lowest BCUT2D eigenvalue weighted by Gasteiger charge is -2.38. The molecule has 0 amide bonds. The molecule has 1 aliphatic heterocycles. The first-order chi connectivity index (χ1) is 7.73. The molecule has 94 valence electrons. The number of nitrogens with one attached hydrogen (secondary N) is 1. The van der Waals surface area contributed by atoms with E-state index in [0.717, 1.165) is 6.04 Å². The minimum Gasteiger partial charge on any atom is -0.316 e. The highest BCUT2D eigenvalue weighted by molar-refractivity contribution is 4.88. The van der Waals surface area contributed by atoms with Crippen LogP contribution in [0.5, 0.6) is 0 Å². The minimum absolute atomic E-state index is 0.535. The van der Waals surface area contributed by atoms with E-state index >= 15 is 0 Å². The van der Waals surface area contributed by atoms with Crippen LogP contribution in [0.15, 0.2) is 0 Å². The van der Waals surface area contributed by atoms with E-state index in [1.165, 1.54) is 64.7 Å². The molecule has 1 saturated carbocycles. The molecule has 2 rings (SSSR count). The first-order valence-electron chi connectivity index (χ1n) is 7.18. The van der Waals surface area contributed by atoms with Gasteiger partial charge in [0.2, 0.25) is 0 Å². The van der Waals surface area contributed by atoms with Crippen molar-refractivity contribution in [2.75, 3.05) is 26.2 Å². The second-order valence-corrected chi connectivity index (χ2v) is 6.09. The molecular weight excluding hydrogens is 196 g/mol. The molecule has 2 heteroatoms. The lowest BCUT2D eigenvalue weighted by molar-refractivity contribution is 0.110. The van der Waals surface area contributed by atoms with Crippen LogP contribution in [-0.2, 0) is 0 Å². The van der Waals surface area contributed by atoms with Crippen molar-refractivity contribution in [1.82, 2.24) is 10.2 Å². The predicted octanol–water partition coefficient (Wildman–Crippen LogP) is 2.64. The van der Waals surface area contributed by atoms with Crippen molar-refractivity contribution in [3.63, 3.8) is 0 Å². The monoisotopic (exact) mass is 224 g/mol. The number of hydrogen-bond donors (Lipinski definition) is 1. The van der Waals surface area contributed by atoms with Crippen LogP contribution in [0, 0.1) is 5.41 Å². The highest BCUT2D eigenvalue weighted by atomic mass is 15.2. The molecule has 16 heavy (non-hydrogen) atoms. The summed E-state index contributed by atoms with van der Waals surface area (Å²) in [5.74, 6) is 0. The summed E-state index contributed by atoms with van der Waals surface area (Å²) < 4.78 is 0. The zero-order valence-electron chi connectivity index (χ0n) is 11.1. The van der Waals surface area contributed by atoms with Gasteiger partial charge in [-0.15, -0.1) is 0 Å². The van der Waals surface area contributed by atoms with Crippen molar-refractivity contribution in [2.45, 2.75) is 58.4 Å². The van der Waals surface area contributed by atoms with Gasteiger partial charge in [-0.3, -0.25) is 0 Å². The number of hydrogen-bond acceptors (Lipinski definition) is 2. The summed E-state index contributed by atoms with van der Waals surface area (Å²) in [6.07, 6.45) is 8.62. The summed E-state index contributed by atoms with van der Waals surface area (Å²) in [7, 11) is 0. The van der Waals surface area contributed by atoms with E-state index in [9.17, 15) is 0 Å². The average Bonchev–Trinajstić information content (AvgIpc) is 2.74. The molecule has 0 aromatic carbocycles. The molecule has 1 atom stereocenters. The zero-order chi connectivity index (χ0) is 11.4. The van der Waals surface area contributed by atoms with Crippen molar-refractivity contribution >= 4 is 0 Å². The molecule has 2 nitrogen and oxygen atoms in total. The van der Waals surface area contributed by atoms with Crippen LogP contribution in [0.2, 0.25) is 0 Å². The molecule has 0 aromatic rings. The predicted molar refractivity (Wildman–Crippen MR) is 69.7 cm³/mol. The van der Waals surface area contributed by atoms with Gasteiger partial charge >= 0.3 is 0 Å². The Morgan fingerprint density at radius 3 is 2.56 bits per heavy atom. The van der Waals surface area contributed by atoms with Crippen LogP contribution in [-0.4, -0.2) is 37.1 Å². The molecule has 0 radical (unpaired) electrons. The van der Waals surface area contributed by atoms with Gasteiger partial charge in [0.05, 0.1) is 0 Å². The highest BCUT2D eigenvalue weighted by Crippen LogP contribution is 2.29. The maximum Gasteiger partial charge on any atom is 0.00953 e. The van der Waals surface area contributed by atoms with Crippen LogP contribution in [0.4, 0.5) is 0 Å². The maximum absolute atomic E-state index is 3.52. The fraction of sp³-hybridized carbons (Fsp3) is 1.00. The Morgan fingerprint density at radius 2 is 2.00 bits per heavy atom. The Kier molecular flexibility index (Phi) is 4.26. The summed E-state index contributed by atoms with van der Waals surface area (Å²) in [5, 5.41) is 3.52. The second kappa shape index (κ2) is 5.50. The summed E-state index contributed by atoms with van der Waals surface area (Å²) in [5.41, 5.74) is 0.535. The lowest BCUT2D eigenvalue weighted by Crippen LogP contribution is -2.44. The minimum atomic E-state index is 0.535. The Balaban J connectivity index is 1.88. The van der Waals surface area contributed by atoms with Crippen LogP contribution in [0.25, 0.3) is 0 Å². The SMILES string of the molecule is CCN(CC1(C)CCNC1)C1CCCCC1. The molecule has 0 spiro atoms. The molecule has 2 aliphatic rings. The van der Waals surface area contributed by atoms with Gasteiger partial charge in [0.25, 0.3) is 0 Å². The second-order valence-electron chi connectivity index (χ2n) is 6.09. The smallest absolute Gasteiger partial charge is 0.00953 e. The lowest BCUT2D eigenvalue weighted by atomic mass is 9.87. The van der Waals surface area contributed by atoms with Crippen LogP contribution in [0.1, 0.15) is 52.4 Å². The van der Waals surface area contributed by atoms with Crippen molar-refractivity contribution in [2.24, 2.45) is 5.41 Å². The van der Waals surface area contributed by atoms with Crippen molar-refractivity contribution in [1.29, 1.82) is 0 Å². The van der Waals surface area contributed by atoms with Gasteiger partial charge in [-0.05, 0) is 37.8 Å². The summed E-state index contributed by atoms with van der Waals surface area (Å²) in [6, 6.07) is 0.885. The van der Waals surface area contributed by atoms with E-state index in [-0.39, 0.29) is 0 Å². The van der Waals surface area contributed by atoms with E-state index in [4.69, 9.17) is 0 Å². The van der Waals surface area contributed by atoms with E-state index < -0.39 is 0 Å². The quantitative estimate of drug-likeness (QED) is 0.790. The summed E-state index contributed by atoms with van der Waals surface area (Å²) >= 11 is 0. The van der Waals surface area contributed by atoms with E-state index in [1.807, 2.05) is 0 Å². The van der Waals surface area contributed by atoms with E-state index in [0.29, 0.717) is 5.41 Å². The number of nitrogens with zero attached hydrogens (tertiary/aromatic N) is 1. The van der Waals surface area contributed by atoms with Gasteiger partial charge in [-0.1, -0.05) is 33.1 Å². The first-order valence-corrected chi connectivity index (χ1v) is 7.18. The van der Waals surface area contributed by atoms with Crippen LogP contribution >= 0.6 is 0 Å². The third-order valence-corrected chi connectivity index (χ3v) is 4.54. The van der Waals surface area contributed by atoms with Gasteiger partial charge in [0.15, 0.2) is 0 Å². The molecule has 1 heterocycles. The fourth-order valence-electron chi connectivity index (χ4n) is 3.44. The third kappa shape index (κ3) is 2.98. The van der Waals surface area contributed by atoms with Crippen LogP contribution < -0.4 is 5.32 Å². The molecule has 0 bridgehead atoms. The van der Waals surface area contributed by atoms with E-state index in [2.05, 4.69) is 24.1 Å². The van der Waals surface area contributed by atoms with Crippen LogP contribution in [0.3, 0.4) is 0 Å². The van der Waals surface area contributed by atoms with Gasteiger partial charge in [0.1, 0.15) is 0 Å². The molecule has 1 unspecified atom stereocenters. The Hall–Kier alpha value is -0.0800. The van der Waals surface area contributed by atoms with Crippen molar-refractivity contribution < 1.29 is 0 Å². The largest absolute Gasteiger partial charge is 0.316 e. The summed E-state index contributed by atoms with van der Waals surface area (Å²) in [4.78, 5) is 2.76. The van der Waals surface area contributed by atoms with Gasteiger partial charge in [-0.2, -0.15) is 0 Å². The third-order valence-electron chi connectivity index (χ3n) is 4.54. The first kappa shape index (κ1) is 12.4. The topological polar surface area (TPSA) is 15.3 Å². The van der Waals surface area contributed by atoms with Gasteiger partial charge in [-0.25, -0.2) is 0 Å². The fourth-order valence-corrected chi connectivity index (χ4v) is 3.44. The molecule has 1 saturated heterocycles. The average molecular weight is 224 g/mol. The molecule has 2 fully saturated rings. The Labute approximate surface area is 101 Å². The van der Waals surface area contributed by atoms with Crippen molar-refractivity contribution in [3.8, 4) is 0 Å². The zero-order valence-corrected chi connectivity index (χ0v) is 11.1. The van der Waals surface area contributed by atoms with Gasteiger partial charge in [0, 0.05) is 19.1 Å². The highest BCUT2D eigenvalue weighted by Gasteiger charge is 2.32. The Morgan fingerprint density at radius 1 is 1.25 bits per heavy atom. The molecule has 1 aliphatic carbocycles. The van der Waals surface area contributed by atoms with E-state index in [1.54, 1.807) is 0 Å². The normalized spacial score (nSPS) is 32.4. The Bertz CT molecular complexity index is 203. The maximum atomic E-state index is 3.52.